The Morgan fingerprint density at radius 1 is 1.00 bits per heavy atom. The van der Waals surface area contributed by atoms with Crippen LogP contribution in [0.15, 0.2) is 72.9 Å². The first-order valence-electron chi connectivity index (χ1n) is 18.6. The molecule has 7 rings (SSSR count). The van der Waals surface area contributed by atoms with E-state index in [1.165, 1.54) is 13.2 Å². The van der Waals surface area contributed by atoms with Crippen LogP contribution in [0.3, 0.4) is 0 Å². The Hall–Kier alpha value is -5.49. The lowest BCUT2D eigenvalue weighted by atomic mass is 10.00. The molecule has 4 heterocycles. The second-order valence-electron chi connectivity index (χ2n) is 14.5. The molecule has 54 heavy (non-hydrogen) atoms. The van der Waals surface area contributed by atoms with E-state index in [2.05, 4.69) is 20.6 Å². The average molecular weight is 735 g/mol. The zero-order chi connectivity index (χ0) is 38.1. The number of para-hydroxylation sites is 1. The molecule has 0 spiro atoms. The summed E-state index contributed by atoms with van der Waals surface area (Å²) in [5.74, 6) is 0.178. The number of H-pyrrole nitrogens is 1. The number of nitrogens with zero attached hydrogens (tertiary/aromatic N) is 3. The molecule has 3 N–H and O–H groups in total. The fourth-order valence-corrected chi connectivity index (χ4v) is 8.12. The summed E-state index contributed by atoms with van der Waals surface area (Å²) in [6.45, 7) is 6.48. The Bertz CT molecular complexity index is 2080. The van der Waals surface area contributed by atoms with Gasteiger partial charge in [-0.1, -0.05) is 68.5 Å². The van der Waals surface area contributed by atoms with Gasteiger partial charge in [-0.2, -0.15) is 0 Å². The molecule has 3 aliphatic rings. The fraction of sp³-hybridized carbons (Fsp3) is 0.381. The number of likely N-dealkylation sites (tertiary alicyclic amines) is 1. The van der Waals surface area contributed by atoms with Crippen LogP contribution in [0.25, 0.3) is 28.1 Å². The molecule has 4 aromatic rings. The first-order chi connectivity index (χ1) is 26.1. The van der Waals surface area contributed by atoms with Crippen molar-refractivity contribution in [2.75, 3.05) is 25.7 Å². The Morgan fingerprint density at radius 3 is 2.44 bits per heavy atom. The number of amides is 3. The second kappa shape index (κ2) is 15.5. The summed E-state index contributed by atoms with van der Waals surface area (Å²) in [4.78, 5) is 50.9. The van der Waals surface area contributed by atoms with Gasteiger partial charge in [-0.25, -0.2) is 14.2 Å². The van der Waals surface area contributed by atoms with Crippen molar-refractivity contribution in [1.29, 1.82) is 0 Å². The van der Waals surface area contributed by atoms with Crippen LogP contribution in [0, 0.1) is 11.7 Å². The molecule has 4 unspecified atom stereocenters. The summed E-state index contributed by atoms with van der Waals surface area (Å²) in [6, 6.07) is 18.1. The molecular formula is C42H47FN6O5. The van der Waals surface area contributed by atoms with Crippen molar-refractivity contribution in [2.45, 2.75) is 77.2 Å². The summed E-state index contributed by atoms with van der Waals surface area (Å²) in [5.41, 5.74) is 7.19. The van der Waals surface area contributed by atoms with Crippen molar-refractivity contribution in [1.82, 2.24) is 25.5 Å². The van der Waals surface area contributed by atoms with Crippen LogP contribution >= 0.6 is 0 Å². The standard InChI is InChI=1S/C42H47FN6O5/c1-6-32(45-36-22-29-10-7-9-27-17-19-33(47-42(52)54-5)40(50)49(36)37(27)29)30-18-16-28(21-31(30)43)25-12-14-26(15-13-25)34-23-44-39(46-34)35-11-8-20-48(35)41(51)38(53-4)24(2)3/h6-7,9-10,12-16,18,21,23-24,33,35-36,38,45H,8,11,17,19-20,22H2,1-5H3,(H,44,46)(H,47,52)/b32-6-. The van der Waals surface area contributed by atoms with Gasteiger partial charge in [0.2, 0.25) is 0 Å². The van der Waals surface area contributed by atoms with E-state index in [1.807, 2.05) is 80.3 Å². The highest BCUT2D eigenvalue weighted by Gasteiger charge is 2.42. The Morgan fingerprint density at radius 2 is 1.74 bits per heavy atom. The molecule has 1 aromatic heterocycles. The number of benzene rings is 3. The number of nitrogens with one attached hydrogen (secondary N) is 3. The minimum Gasteiger partial charge on any atom is -0.453 e. The number of hydrogen-bond acceptors (Lipinski definition) is 7. The first kappa shape index (κ1) is 36.9. The van der Waals surface area contributed by atoms with Crippen molar-refractivity contribution in [3.8, 4) is 22.4 Å². The Labute approximate surface area is 314 Å². The van der Waals surface area contributed by atoms with Crippen molar-refractivity contribution >= 4 is 29.3 Å². The maximum Gasteiger partial charge on any atom is 0.407 e. The largest absolute Gasteiger partial charge is 0.453 e. The van der Waals surface area contributed by atoms with Crippen LogP contribution in [0.5, 0.6) is 0 Å². The number of aromatic nitrogens is 2. The van der Waals surface area contributed by atoms with Crippen LogP contribution in [-0.4, -0.2) is 71.9 Å². The third kappa shape index (κ3) is 6.98. The first-order valence-corrected chi connectivity index (χ1v) is 18.6. The van der Waals surface area contributed by atoms with Gasteiger partial charge in [0.1, 0.15) is 30.0 Å². The van der Waals surface area contributed by atoms with Crippen molar-refractivity contribution in [3.63, 3.8) is 0 Å². The fourth-order valence-electron chi connectivity index (χ4n) is 8.12. The number of aromatic amines is 1. The molecule has 11 nitrogen and oxygen atoms in total. The second-order valence-corrected chi connectivity index (χ2v) is 14.5. The molecule has 0 saturated carbocycles. The number of methoxy groups -OCH3 is 2. The lowest BCUT2D eigenvalue weighted by Crippen LogP contribution is -2.54. The maximum atomic E-state index is 16.0. The molecule has 12 heteroatoms. The molecular weight excluding hydrogens is 687 g/mol. The number of rotatable bonds is 10. The molecule has 4 atom stereocenters. The van der Waals surface area contributed by atoms with Gasteiger partial charge in [0.25, 0.3) is 11.8 Å². The summed E-state index contributed by atoms with van der Waals surface area (Å²) in [5, 5.41) is 6.15. The zero-order valence-electron chi connectivity index (χ0n) is 31.3. The van der Waals surface area contributed by atoms with Gasteiger partial charge in [0.05, 0.1) is 30.7 Å². The molecule has 3 aromatic carbocycles. The van der Waals surface area contributed by atoms with Gasteiger partial charge >= 0.3 is 6.09 Å². The summed E-state index contributed by atoms with van der Waals surface area (Å²) in [7, 11) is 2.85. The molecule has 3 amide bonds. The number of carbonyl (C=O) groups is 3. The van der Waals surface area contributed by atoms with Crippen LogP contribution in [0.2, 0.25) is 0 Å². The van der Waals surface area contributed by atoms with E-state index in [1.54, 1.807) is 24.3 Å². The van der Waals surface area contributed by atoms with E-state index in [-0.39, 0.29) is 23.8 Å². The zero-order valence-corrected chi connectivity index (χ0v) is 31.3. The van der Waals surface area contributed by atoms with Gasteiger partial charge in [0.15, 0.2) is 0 Å². The molecule has 0 bridgehead atoms. The topological polar surface area (TPSA) is 129 Å². The van der Waals surface area contributed by atoms with E-state index in [0.29, 0.717) is 37.1 Å². The van der Waals surface area contributed by atoms with Crippen molar-refractivity contribution < 1.29 is 28.2 Å². The Kier molecular flexibility index (Phi) is 10.6. The molecule has 3 aliphatic heterocycles. The quantitative estimate of drug-likeness (QED) is 0.164. The van der Waals surface area contributed by atoms with Crippen LogP contribution in [0.4, 0.5) is 14.9 Å². The molecule has 282 valence electrons. The van der Waals surface area contributed by atoms with E-state index in [4.69, 9.17) is 9.47 Å². The number of halogens is 1. The highest BCUT2D eigenvalue weighted by molar-refractivity contribution is 6.02. The van der Waals surface area contributed by atoms with E-state index >= 15 is 4.39 Å². The molecule has 0 aliphatic carbocycles. The number of anilines is 1. The van der Waals surface area contributed by atoms with Crippen molar-refractivity contribution in [2.24, 2.45) is 5.92 Å². The number of carbonyl (C=O) groups excluding carboxylic acids is 3. The summed E-state index contributed by atoms with van der Waals surface area (Å²) in [6.07, 6.45) is 5.31. The third-order valence-electron chi connectivity index (χ3n) is 10.8. The van der Waals surface area contributed by atoms with Crippen molar-refractivity contribution in [3.05, 3.63) is 101 Å². The van der Waals surface area contributed by atoms with Gasteiger partial charge in [-0.15, -0.1) is 0 Å². The van der Waals surface area contributed by atoms with Crippen LogP contribution in [-0.2, 0) is 31.9 Å². The smallest absolute Gasteiger partial charge is 0.407 e. The van der Waals surface area contributed by atoms with Gasteiger partial charge in [0, 0.05) is 31.3 Å². The molecule has 1 saturated heterocycles. The lowest BCUT2D eigenvalue weighted by molar-refractivity contribution is -0.145. The number of ether oxygens (including phenoxy) is 2. The number of allylic oxidation sites excluding steroid dienone is 1. The molecule has 1 fully saturated rings. The predicted octanol–water partition coefficient (Wildman–Crippen LogP) is 6.75. The summed E-state index contributed by atoms with van der Waals surface area (Å²) >= 11 is 0. The minimum absolute atomic E-state index is 0.00811. The normalized spacial score (nSPS) is 20.2. The van der Waals surface area contributed by atoms with Gasteiger partial charge < -0.3 is 30.0 Å². The van der Waals surface area contributed by atoms with Gasteiger partial charge in [-0.3, -0.25) is 14.5 Å². The number of hydrogen-bond donors (Lipinski definition) is 3. The SMILES string of the molecule is C/C=C(\NC1Cc2cccc3c2N1C(=O)C(NC(=O)OC)CC3)c1ccc(-c2ccc(-c3cnc(C4CCCN4C(=O)C(OC)C(C)C)[nH]3)cc2)cc1F. The van der Waals surface area contributed by atoms with E-state index in [0.717, 1.165) is 57.9 Å². The minimum atomic E-state index is -0.751. The summed E-state index contributed by atoms with van der Waals surface area (Å²) < 4.78 is 26.3. The Balaban J connectivity index is 1.06. The predicted molar refractivity (Wildman–Crippen MR) is 205 cm³/mol. The lowest BCUT2D eigenvalue weighted by Gasteiger charge is -2.30. The number of alkyl carbamates (subject to hydrolysis) is 1. The van der Waals surface area contributed by atoms with Crippen LogP contribution < -0.4 is 15.5 Å². The van der Waals surface area contributed by atoms with Crippen LogP contribution in [0.1, 0.15) is 68.6 Å². The third-order valence-corrected chi connectivity index (χ3v) is 10.8. The molecule has 0 radical (unpaired) electrons. The maximum absolute atomic E-state index is 16.0. The highest BCUT2D eigenvalue weighted by atomic mass is 19.1. The number of aryl methyl sites for hydroxylation is 1. The van der Waals surface area contributed by atoms with E-state index < -0.39 is 30.2 Å². The number of imidazole rings is 1. The van der Waals surface area contributed by atoms with E-state index in [9.17, 15) is 14.4 Å². The highest BCUT2D eigenvalue weighted by Crippen LogP contribution is 2.39. The van der Waals surface area contributed by atoms with Gasteiger partial charge in [-0.05, 0) is 78.5 Å². The monoisotopic (exact) mass is 734 g/mol. The average Bonchev–Trinajstić information content (AvgIpc) is 3.93.